The Balaban J connectivity index is 1.98. The lowest BCUT2D eigenvalue weighted by Gasteiger charge is -2.40. The van der Waals surface area contributed by atoms with Crippen LogP contribution in [0.15, 0.2) is 24.3 Å². The number of rotatable bonds is 6. The second kappa shape index (κ2) is 7.82. The van der Waals surface area contributed by atoms with Crippen molar-refractivity contribution in [3.8, 4) is 5.75 Å². The molecule has 128 valence electrons. The SMILES string of the molecule is CCC1(CO)CCN(C(=O)Cc2ccccc2OC(C)C)CC1. The Morgan fingerprint density at radius 1 is 1.30 bits per heavy atom. The second-order valence-corrected chi connectivity index (χ2v) is 6.84. The highest BCUT2D eigenvalue weighted by Crippen LogP contribution is 2.34. The fourth-order valence-corrected chi connectivity index (χ4v) is 3.15. The van der Waals surface area contributed by atoms with Gasteiger partial charge in [0.15, 0.2) is 0 Å². The number of carbonyl (C=O) groups is 1. The molecule has 0 unspecified atom stereocenters. The number of carbonyl (C=O) groups excluding carboxylic acids is 1. The average molecular weight is 319 g/mol. The third kappa shape index (κ3) is 4.47. The van der Waals surface area contributed by atoms with Crippen molar-refractivity contribution < 1.29 is 14.6 Å². The molecule has 1 aromatic rings. The van der Waals surface area contributed by atoms with Crippen molar-refractivity contribution in [1.29, 1.82) is 0 Å². The van der Waals surface area contributed by atoms with Gasteiger partial charge < -0.3 is 14.7 Å². The number of aliphatic hydroxyl groups excluding tert-OH is 1. The number of piperidine rings is 1. The molecule has 2 rings (SSSR count). The molecule has 1 amide bonds. The molecule has 23 heavy (non-hydrogen) atoms. The zero-order chi connectivity index (χ0) is 16.9. The van der Waals surface area contributed by atoms with E-state index in [1.54, 1.807) is 0 Å². The van der Waals surface area contributed by atoms with Gasteiger partial charge in [0.1, 0.15) is 5.75 Å². The van der Waals surface area contributed by atoms with Crippen molar-refractivity contribution in [3.05, 3.63) is 29.8 Å². The van der Waals surface area contributed by atoms with Crippen LogP contribution in [0.4, 0.5) is 0 Å². The molecule has 1 heterocycles. The lowest BCUT2D eigenvalue weighted by Crippen LogP contribution is -2.45. The lowest BCUT2D eigenvalue weighted by atomic mass is 9.77. The first kappa shape index (κ1) is 17.8. The summed E-state index contributed by atoms with van der Waals surface area (Å²) in [4.78, 5) is 14.5. The molecule has 1 saturated heterocycles. The van der Waals surface area contributed by atoms with Crippen LogP contribution >= 0.6 is 0 Å². The minimum absolute atomic E-state index is 0.00937. The minimum Gasteiger partial charge on any atom is -0.491 e. The van der Waals surface area contributed by atoms with E-state index in [-0.39, 0.29) is 24.0 Å². The third-order valence-corrected chi connectivity index (χ3v) is 4.94. The topological polar surface area (TPSA) is 49.8 Å². The molecule has 0 aliphatic carbocycles. The van der Waals surface area contributed by atoms with Gasteiger partial charge in [-0.1, -0.05) is 25.1 Å². The lowest BCUT2D eigenvalue weighted by molar-refractivity contribution is -0.133. The zero-order valence-corrected chi connectivity index (χ0v) is 14.5. The van der Waals surface area contributed by atoms with Crippen LogP contribution in [0.25, 0.3) is 0 Å². The molecule has 0 saturated carbocycles. The first-order valence-corrected chi connectivity index (χ1v) is 8.63. The molecule has 0 radical (unpaired) electrons. The minimum atomic E-state index is 0.00937. The van der Waals surface area contributed by atoms with E-state index in [9.17, 15) is 9.90 Å². The van der Waals surface area contributed by atoms with Crippen LogP contribution in [-0.4, -0.2) is 41.7 Å². The summed E-state index contributed by atoms with van der Waals surface area (Å²) in [6, 6.07) is 7.76. The van der Waals surface area contributed by atoms with Crippen molar-refractivity contribution in [2.75, 3.05) is 19.7 Å². The van der Waals surface area contributed by atoms with Crippen LogP contribution in [0.2, 0.25) is 0 Å². The Morgan fingerprint density at radius 3 is 2.52 bits per heavy atom. The maximum absolute atomic E-state index is 12.6. The summed E-state index contributed by atoms with van der Waals surface area (Å²) in [7, 11) is 0. The van der Waals surface area contributed by atoms with Crippen molar-refractivity contribution in [2.45, 2.75) is 52.6 Å². The number of hydrogen-bond acceptors (Lipinski definition) is 3. The number of aliphatic hydroxyl groups is 1. The fraction of sp³-hybridized carbons (Fsp3) is 0.632. The number of hydrogen-bond donors (Lipinski definition) is 1. The molecule has 1 fully saturated rings. The van der Waals surface area contributed by atoms with Crippen LogP contribution in [0.3, 0.4) is 0 Å². The van der Waals surface area contributed by atoms with Gasteiger partial charge in [0.05, 0.1) is 12.5 Å². The number of amides is 1. The van der Waals surface area contributed by atoms with Gasteiger partial charge in [0.25, 0.3) is 0 Å². The van der Waals surface area contributed by atoms with Crippen molar-refractivity contribution in [3.63, 3.8) is 0 Å². The highest BCUT2D eigenvalue weighted by Gasteiger charge is 2.33. The van der Waals surface area contributed by atoms with E-state index in [0.29, 0.717) is 6.42 Å². The standard InChI is InChI=1S/C19H29NO3/c1-4-19(14-21)9-11-20(12-10-19)18(22)13-16-7-5-6-8-17(16)23-15(2)3/h5-8,15,21H,4,9-14H2,1-3H3. The predicted octanol–water partition coefficient (Wildman–Crippen LogP) is 3.03. The van der Waals surface area contributed by atoms with Crippen LogP contribution in [0, 0.1) is 5.41 Å². The van der Waals surface area contributed by atoms with E-state index in [4.69, 9.17) is 4.74 Å². The molecule has 1 aromatic carbocycles. The molecule has 4 nitrogen and oxygen atoms in total. The van der Waals surface area contributed by atoms with E-state index >= 15 is 0 Å². The van der Waals surface area contributed by atoms with E-state index in [1.807, 2.05) is 43.0 Å². The summed E-state index contributed by atoms with van der Waals surface area (Å²) in [6.07, 6.45) is 3.21. The average Bonchev–Trinajstić information content (AvgIpc) is 2.56. The van der Waals surface area contributed by atoms with Crippen LogP contribution < -0.4 is 4.74 Å². The zero-order valence-electron chi connectivity index (χ0n) is 14.5. The summed E-state index contributed by atoms with van der Waals surface area (Å²) in [5, 5.41) is 9.60. The quantitative estimate of drug-likeness (QED) is 0.877. The molecule has 0 atom stereocenters. The van der Waals surface area contributed by atoms with Gasteiger partial charge in [-0.15, -0.1) is 0 Å². The number of para-hydroxylation sites is 1. The fourth-order valence-electron chi connectivity index (χ4n) is 3.15. The summed E-state index contributed by atoms with van der Waals surface area (Å²) >= 11 is 0. The summed E-state index contributed by atoms with van der Waals surface area (Å²) in [5.41, 5.74) is 0.954. The summed E-state index contributed by atoms with van der Waals surface area (Å²) < 4.78 is 5.80. The van der Waals surface area contributed by atoms with Crippen LogP contribution in [0.1, 0.15) is 45.6 Å². The highest BCUT2D eigenvalue weighted by molar-refractivity contribution is 5.79. The number of likely N-dealkylation sites (tertiary alicyclic amines) is 1. The van der Waals surface area contributed by atoms with Gasteiger partial charge in [-0.05, 0) is 44.6 Å². The molecule has 4 heteroatoms. The van der Waals surface area contributed by atoms with Gasteiger partial charge >= 0.3 is 0 Å². The molecule has 1 aliphatic heterocycles. The maximum atomic E-state index is 12.6. The normalized spacial score (nSPS) is 17.3. The van der Waals surface area contributed by atoms with Gasteiger partial charge in [-0.25, -0.2) is 0 Å². The Hall–Kier alpha value is -1.55. The Bertz CT molecular complexity index is 513. The summed E-state index contributed by atoms with van der Waals surface area (Å²) in [5.74, 6) is 0.943. The first-order valence-electron chi connectivity index (χ1n) is 8.63. The molecular formula is C19H29NO3. The second-order valence-electron chi connectivity index (χ2n) is 6.84. The van der Waals surface area contributed by atoms with Crippen molar-refractivity contribution >= 4 is 5.91 Å². The summed E-state index contributed by atoms with van der Waals surface area (Å²) in [6.45, 7) is 7.79. The van der Waals surface area contributed by atoms with Gasteiger partial charge in [0.2, 0.25) is 5.91 Å². The monoisotopic (exact) mass is 319 g/mol. The van der Waals surface area contributed by atoms with Gasteiger partial charge in [-0.2, -0.15) is 0 Å². The van der Waals surface area contributed by atoms with Gasteiger partial charge in [-0.3, -0.25) is 4.79 Å². The molecular weight excluding hydrogens is 290 g/mol. The van der Waals surface area contributed by atoms with E-state index < -0.39 is 0 Å². The largest absolute Gasteiger partial charge is 0.491 e. The Kier molecular flexibility index (Phi) is 6.05. The number of ether oxygens (including phenoxy) is 1. The molecule has 0 aromatic heterocycles. The molecule has 1 N–H and O–H groups in total. The number of nitrogens with zero attached hydrogens (tertiary/aromatic N) is 1. The van der Waals surface area contributed by atoms with Crippen LogP contribution in [0.5, 0.6) is 5.75 Å². The molecule has 0 spiro atoms. The van der Waals surface area contributed by atoms with Crippen molar-refractivity contribution in [2.24, 2.45) is 5.41 Å². The first-order chi connectivity index (χ1) is 11.0. The highest BCUT2D eigenvalue weighted by atomic mass is 16.5. The predicted molar refractivity (Wildman–Crippen MR) is 91.5 cm³/mol. The van der Waals surface area contributed by atoms with E-state index in [1.165, 1.54) is 0 Å². The van der Waals surface area contributed by atoms with Crippen molar-refractivity contribution in [1.82, 2.24) is 4.90 Å². The third-order valence-electron chi connectivity index (χ3n) is 4.94. The molecule has 0 bridgehead atoms. The maximum Gasteiger partial charge on any atom is 0.227 e. The Morgan fingerprint density at radius 2 is 1.96 bits per heavy atom. The van der Waals surface area contributed by atoms with E-state index in [0.717, 1.165) is 43.7 Å². The smallest absolute Gasteiger partial charge is 0.227 e. The van der Waals surface area contributed by atoms with E-state index in [2.05, 4.69) is 6.92 Å². The Labute approximate surface area is 139 Å². The van der Waals surface area contributed by atoms with Gasteiger partial charge in [0, 0.05) is 25.3 Å². The molecule has 1 aliphatic rings. The number of benzene rings is 1. The van der Waals surface area contributed by atoms with Crippen LogP contribution in [-0.2, 0) is 11.2 Å².